The van der Waals surface area contributed by atoms with E-state index in [1.54, 1.807) is 56.3 Å². The molecule has 0 aliphatic carbocycles. The number of carbonyl (C=O) groups excluding carboxylic acids is 2. The fourth-order valence-electron chi connectivity index (χ4n) is 4.58. The third-order valence-corrected chi connectivity index (χ3v) is 9.32. The molecule has 0 aliphatic rings. The summed E-state index contributed by atoms with van der Waals surface area (Å²) in [6, 6.07) is 16.0. The number of nitrogens with one attached hydrogen (secondary N) is 1. The van der Waals surface area contributed by atoms with Gasteiger partial charge in [-0.2, -0.15) is 0 Å². The molecule has 7 nitrogen and oxygen atoms in total. The Bertz CT molecular complexity index is 1470. The highest BCUT2D eigenvalue weighted by atomic mass is 35.5. The van der Waals surface area contributed by atoms with Gasteiger partial charge in [-0.25, -0.2) is 8.42 Å². The van der Waals surface area contributed by atoms with E-state index in [9.17, 15) is 18.0 Å². The average molecular weight is 619 g/mol. The Labute approximate surface area is 253 Å². The molecule has 1 atom stereocenters. The number of anilines is 1. The van der Waals surface area contributed by atoms with E-state index in [1.807, 2.05) is 26.8 Å². The Hall–Kier alpha value is -3.07. The third-order valence-electron chi connectivity index (χ3n) is 6.83. The summed E-state index contributed by atoms with van der Waals surface area (Å²) in [5.74, 6) is -0.888. The third kappa shape index (κ3) is 7.82. The van der Waals surface area contributed by atoms with Crippen LogP contribution in [0.3, 0.4) is 0 Å². The molecule has 220 valence electrons. The number of hydrogen-bond acceptors (Lipinski definition) is 4. The number of sulfonamides is 1. The van der Waals surface area contributed by atoms with Gasteiger partial charge in [0, 0.05) is 28.7 Å². The first-order valence-corrected chi connectivity index (χ1v) is 15.8. The van der Waals surface area contributed by atoms with Crippen molar-refractivity contribution in [1.29, 1.82) is 0 Å². The number of carbonyl (C=O) groups is 2. The van der Waals surface area contributed by atoms with E-state index in [0.29, 0.717) is 39.8 Å². The molecular weight excluding hydrogens is 581 g/mol. The van der Waals surface area contributed by atoms with Crippen LogP contribution in [0.2, 0.25) is 10.0 Å². The van der Waals surface area contributed by atoms with Crippen LogP contribution in [0.15, 0.2) is 65.6 Å². The highest BCUT2D eigenvalue weighted by molar-refractivity contribution is 7.92. The summed E-state index contributed by atoms with van der Waals surface area (Å²) in [6.45, 7) is 9.17. The van der Waals surface area contributed by atoms with Gasteiger partial charge in [-0.15, -0.1) is 0 Å². The maximum absolute atomic E-state index is 14.2. The monoisotopic (exact) mass is 617 g/mol. The topological polar surface area (TPSA) is 86.8 Å². The Morgan fingerprint density at radius 3 is 2.07 bits per heavy atom. The maximum Gasteiger partial charge on any atom is 0.264 e. The normalized spacial score (nSPS) is 12.1. The van der Waals surface area contributed by atoms with Crippen molar-refractivity contribution < 1.29 is 18.0 Å². The first-order valence-electron chi connectivity index (χ1n) is 13.6. The van der Waals surface area contributed by atoms with Crippen molar-refractivity contribution in [2.75, 3.05) is 17.4 Å². The van der Waals surface area contributed by atoms with E-state index >= 15 is 0 Å². The van der Waals surface area contributed by atoms with Crippen molar-refractivity contribution in [2.24, 2.45) is 0 Å². The van der Waals surface area contributed by atoms with Crippen LogP contribution >= 0.6 is 23.2 Å². The minimum atomic E-state index is -4.16. The van der Waals surface area contributed by atoms with Crippen LogP contribution in [0, 0.1) is 20.8 Å². The standard InChI is InChI=1S/C31H37Cl2N3O4S/c1-6-17-34-31(38)28(7-2)35(19-25-26(32)9-8-10-27(25)33)30(37)20-36(29-16-13-22(4)18-23(29)5)41(39,40)24-14-11-21(3)12-15-24/h8-16,18,28H,6-7,17,19-20H2,1-5H3,(H,34,38)/t28-/m0/s1. The zero-order valence-electron chi connectivity index (χ0n) is 24.1. The lowest BCUT2D eigenvalue weighted by Gasteiger charge is -2.34. The second kappa shape index (κ2) is 14.2. The number of amides is 2. The molecule has 3 aromatic rings. The van der Waals surface area contributed by atoms with Crippen LogP contribution in [-0.2, 0) is 26.2 Å². The fourth-order valence-corrected chi connectivity index (χ4v) is 6.57. The molecule has 0 saturated heterocycles. The predicted molar refractivity (Wildman–Crippen MR) is 166 cm³/mol. The minimum absolute atomic E-state index is 0.0595. The van der Waals surface area contributed by atoms with E-state index in [2.05, 4.69) is 5.32 Å². The van der Waals surface area contributed by atoms with E-state index in [4.69, 9.17) is 23.2 Å². The molecule has 0 aromatic heterocycles. The molecule has 2 amide bonds. The highest BCUT2D eigenvalue weighted by Crippen LogP contribution is 2.30. The first-order chi connectivity index (χ1) is 19.4. The number of aryl methyl sites for hydroxylation is 3. The summed E-state index contributed by atoms with van der Waals surface area (Å²) in [7, 11) is -4.16. The lowest BCUT2D eigenvalue weighted by molar-refractivity contribution is -0.140. The van der Waals surface area contributed by atoms with Crippen LogP contribution in [-0.4, -0.2) is 44.3 Å². The fraction of sp³-hybridized carbons (Fsp3) is 0.355. The van der Waals surface area contributed by atoms with Gasteiger partial charge < -0.3 is 10.2 Å². The van der Waals surface area contributed by atoms with Gasteiger partial charge in [-0.1, -0.05) is 78.5 Å². The molecule has 0 aliphatic heterocycles. The van der Waals surface area contributed by atoms with Gasteiger partial charge in [0.25, 0.3) is 10.0 Å². The number of rotatable bonds is 12. The van der Waals surface area contributed by atoms with E-state index < -0.39 is 28.5 Å². The van der Waals surface area contributed by atoms with Crippen molar-refractivity contribution in [2.45, 2.75) is 64.9 Å². The van der Waals surface area contributed by atoms with E-state index in [1.165, 1.54) is 17.0 Å². The summed E-state index contributed by atoms with van der Waals surface area (Å²) in [5, 5.41) is 3.55. The van der Waals surface area contributed by atoms with Gasteiger partial charge in [-0.05, 0) is 69.5 Å². The van der Waals surface area contributed by atoms with E-state index in [-0.39, 0.29) is 17.3 Å². The molecule has 0 radical (unpaired) electrons. The zero-order valence-corrected chi connectivity index (χ0v) is 26.4. The van der Waals surface area contributed by atoms with Crippen molar-refractivity contribution in [1.82, 2.24) is 10.2 Å². The molecule has 0 bridgehead atoms. The number of hydrogen-bond donors (Lipinski definition) is 1. The molecular formula is C31H37Cl2N3O4S. The van der Waals surface area contributed by atoms with Crippen molar-refractivity contribution in [3.05, 3.63) is 93.0 Å². The second-order valence-electron chi connectivity index (χ2n) is 10.1. The smallest absolute Gasteiger partial charge is 0.264 e. The van der Waals surface area contributed by atoms with Crippen LogP contribution < -0.4 is 9.62 Å². The molecule has 0 heterocycles. The Morgan fingerprint density at radius 1 is 0.902 bits per heavy atom. The average Bonchev–Trinajstić information content (AvgIpc) is 2.92. The SMILES string of the molecule is CCCNC(=O)[C@H](CC)N(Cc1c(Cl)cccc1Cl)C(=O)CN(c1ccc(C)cc1C)S(=O)(=O)c1ccc(C)cc1. The van der Waals surface area contributed by atoms with Crippen molar-refractivity contribution in [3.63, 3.8) is 0 Å². The van der Waals surface area contributed by atoms with Crippen LogP contribution in [0.1, 0.15) is 48.9 Å². The number of nitrogens with zero attached hydrogens (tertiary/aromatic N) is 2. The van der Waals surface area contributed by atoms with Crippen molar-refractivity contribution >= 4 is 50.7 Å². The molecule has 0 fully saturated rings. The maximum atomic E-state index is 14.2. The van der Waals surface area contributed by atoms with Crippen LogP contribution in [0.5, 0.6) is 0 Å². The van der Waals surface area contributed by atoms with Crippen molar-refractivity contribution in [3.8, 4) is 0 Å². The lowest BCUT2D eigenvalue weighted by atomic mass is 10.1. The molecule has 41 heavy (non-hydrogen) atoms. The highest BCUT2D eigenvalue weighted by Gasteiger charge is 2.34. The van der Waals surface area contributed by atoms with Gasteiger partial charge in [-0.3, -0.25) is 13.9 Å². The number of halogens is 2. The summed E-state index contributed by atoms with van der Waals surface area (Å²) in [5.41, 5.74) is 3.42. The second-order valence-corrected chi connectivity index (χ2v) is 12.7. The Balaban J connectivity index is 2.12. The summed E-state index contributed by atoms with van der Waals surface area (Å²) >= 11 is 12.9. The summed E-state index contributed by atoms with van der Waals surface area (Å²) in [6.07, 6.45) is 1.03. The quantitative estimate of drug-likeness (QED) is 0.253. The van der Waals surface area contributed by atoms with Gasteiger partial charge >= 0.3 is 0 Å². The molecule has 10 heteroatoms. The molecule has 3 aromatic carbocycles. The van der Waals surface area contributed by atoms with E-state index in [0.717, 1.165) is 21.9 Å². The minimum Gasteiger partial charge on any atom is -0.354 e. The molecule has 0 saturated carbocycles. The van der Waals surface area contributed by atoms with Gasteiger partial charge in [0.05, 0.1) is 10.6 Å². The zero-order chi connectivity index (χ0) is 30.3. The Kier molecular flexibility index (Phi) is 11.2. The van der Waals surface area contributed by atoms with Crippen LogP contribution in [0.25, 0.3) is 0 Å². The predicted octanol–water partition coefficient (Wildman–Crippen LogP) is 6.45. The lowest BCUT2D eigenvalue weighted by Crippen LogP contribution is -2.52. The van der Waals surface area contributed by atoms with Gasteiger partial charge in [0.15, 0.2) is 0 Å². The Morgan fingerprint density at radius 2 is 1.51 bits per heavy atom. The van der Waals surface area contributed by atoms with Gasteiger partial charge in [0.1, 0.15) is 12.6 Å². The number of benzene rings is 3. The van der Waals surface area contributed by atoms with Gasteiger partial charge in [0.2, 0.25) is 11.8 Å². The molecule has 3 rings (SSSR count). The molecule has 0 spiro atoms. The molecule has 0 unspecified atom stereocenters. The summed E-state index contributed by atoms with van der Waals surface area (Å²) in [4.78, 5) is 28.9. The summed E-state index contributed by atoms with van der Waals surface area (Å²) < 4.78 is 29.2. The molecule has 1 N–H and O–H groups in total. The first kappa shape index (κ1) is 32.4. The van der Waals surface area contributed by atoms with Crippen LogP contribution in [0.4, 0.5) is 5.69 Å². The largest absolute Gasteiger partial charge is 0.354 e.